The molecule has 0 aliphatic rings. The summed E-state index contributed by atoms with van der Waals surface area (Å²) in [6.45, 7) is 2.08. The van der Waals surface area contributed by atoms with E-state index in [4.69, 9.17) is 23.2 Å². The van der Waals surface area contributed by atoms with E-state index in [9.17, 15) is 0 Å². The van der Waals surface area contributed by atoms with E-state index in [0.29, 0.717) is 10.3 Å². The Kier molecular flexibility index (Phi) is 5.13. The van der Waals surface area contributed by atoms with Crippen molar-refractivity contribution in [1.29, 1.82) is 0 Å². The summed E-state index contributed by atoms with van der Waals surface area (Å²) in [7, 11) is 1.97. The highest BCUT2D eigenvalue weighted by Gasteiger charge is 2.17. The summed E-state index contributed by atoms with van der Waals surface area (Å²) in [5.41, 5.74) is 1.05. The highest BCUT2D eigenvalue weighted by atomic mass is 35.5. The summed E-state index contributed by atoms with van der Waals surface area (Å²) >= 11 is 13.8. The maximum atomic E-state index is 6.25. The molecule has 2 aromatic rings. The summed E-state index contributed by atoms with van der Waals surface area (Å²) in [4.78, 5) is 10.7. The number of hydrogen-bond acceptors (Lipinski definition) is 4. The number of halogens is 2. The molecular formula is C14H15Cl2N3S. The Labute approximate surface area is 133 Å². The molecule has 0 fully saturated rings. The first-order valence-electron chi connectivity index (χ1n) is 6.08. The quantitative estimate of drug-likeness (QED) is 0.462. The number of thioether (sulfide) groups is 1. The number of anilines is 1. The van der Waals surface area contributed by atoms with E-state index in [0.717, 1.165) is 16.4 Å². The van der Waals surface area contributed by atoms with Gasteiger partial charge in [0.1, 0.15) is 11.0 Å². The first-order chi connectivity index (χ1) is 9.52. The van der Waals surface area contributed by atoms with Gasteiger partial charge in [0.2, 0.25) is 0 Å². The Morgan fingerprint density at radius 3 is 2.55 bits per heavy atom. The maximum absolute atomic E-state index is 6.25. The van der Waals surface area contributed by atoms with Crippen LogP contribution in [0.3, 0.4) is 0 Å². The summed E-state index contributed by atoms with van der Waals surface area (Å²) in [6, 6.07) is 9.65. The zero-order valence-corrected chi connectivity index (χ0v) is 13.8. The van der Waals surface area contributed by atoms with Gasteiger partial charge in [-0.25, -0.2) is 9.97 Å². The molecular weight excluding hydrogens is 313 g/mol. The first kappa shape index (κ1) is 15.4. The zero-order chi connectivity index (χ0) is 14.7. The van der Waals surface area contributed by atoms with Crippen LogP contribution in [0.15, 0.2) is 35.5 Å². The average molecular weight is 328 g/mol. The molecule has 0 saturated heterocycles. The molecule has 0 aliphatic carbocycles. The Morgan fingerprint density at radius 2 is 1.90 bits per heavy atom. The predicted octanol–water partition coefficient (Wildman–Crippen LogP) is 4.70. The van der Waals surface area contributed by atoms with Crippen molar-refractivity contribution in [3.63, 3.8) is 0 Å². The summed E-state index contributed by atoms with van der Waals surface area (Å²) in [5.74, 6) is 0.779. The highest BCUT2D eigenvalue weighted by molar-refractivity contribution is 7.98. The minimum atomic E-state index is 0.0874. The van der Waals surface area contributed by atoms with Crippen LogP contribution in [-0.4, -0.2) is 23.3 Å². The van der Waals surface area contributed by atoms with Crippen molar-refractivity contribution < 1.29 is 0 Å². The van der Waals surface area contributed by atoms with Gasteiger partial charge < -0.3 is 4.90 Å². The van der Waals surface area contributed by atoms with Crippen LogP contribution < -0.4 is 4.90 Å². The van der Waals surface area contributed by atoms with Gasteiger partial charge in [0.25, 0.3) is 0 Å². The van der Waals surface area contributed by atoms with Gasteiger partial charge in [0.15, 0.2) is 5.16 Å². The molecule has 20 heavy (non-hydrogen) atoms. The van der Waals surface area contributed by atoms with E-state index >= 15 is 0 Å². The van der Waals surface area contributed by atoms with Crippen molar-refractivity contribution in [3.8, 4) is 0 Å². The zero-order valence-electron chi connectivity index (χ0n) is 11.5. The SMILES string of the molecule is CSc1nc(Cl)cc(N(C)C(C)c2ccccc2Cl)n1. The predicted molar refractivity (Wildman–Crippen MR) is 87.1 cm³/mol. The molecule has 0 amide bonds. The van der Waals surface area contributed by atoms with Crippen LogP contribution in [0.1, 0.15) is 18.5 Å². The van der Waals surface area contributed by atoms with E-state index in [2.05, 4.69) is 16.9 Å². The molecule has 2 rings (SSSR count). The lowest BCUT2D eigenvalue weighted by molar-refractivity contribution is 0.719. The monoisotopic (exact) mass is 327 g/mol. The van der Waals surface area contributed by atoms with E-state index in [1.165, 1.54) is 11.8 Å². The molecule has 0 N–H and O–H groups in total. The van der Waals surface area contributed by atoms with Crippen LogP contribution in [0.5, 0.6) is 0 Å². The lowest BCUT2D eigenvalue weighted by Gasteiger charge is -2.27. The van der Waals surface area contributed by atoms with Gasteiger partial charge in [-0.3, -0.25) is 0 Å². The van der Waals surface area contributed by atoms with Crippen LogP contribution in [0.2, 0.25) is 10.2 Å². The van der Waals surface area contributed by atoms with E-state index in [1.54, 1.807) is 6.07 Å². The lowest BCUT2D eigenvalue weighted by atomic mass is 10.1. The fraction of sp³-hybridized carbons (Fsp3) is 0.286. The van der Waals surface area contributed by atoms with Crippen LogP contribution >= 0.6 is 35.0 Å². The molecule has 1 aromatic heterocycles. The summed E-state index contributed by atoms with van der Waals surface area (Å²) < 4.78 is 0. The van der Waals surface area contributed by atoms with Crippen molar-refractivity contribution in [2.75, 3.05) is 18.2 Å². The summed E-state index contributed by atoms with van der Waals surface area (Å²) in [5, 5.41) is 1.85. The molecule has 1 atom stereocenters. The third-order valence-electron chi connectivity index (χ3n) is 3.14. The molecule has 1 unspecified atom stereocenters. The molecule has 0 saturated carbocycles. The molecule has 1 heterocycles. The second-order valence-electron chi connectivity index (χ2n) is 4.34. The van der Waals surface area contributed by atoms with Crippen molar-refractivity contribution >= 4 is 40.8 Å². The second kappa shape index (κ2) is 6.66. The number of nitrogens with zero attached hydrogens (tertiary/aromatic N) is 3. The Morgan fingerprint density at radius 1 is 1.20 bits per heavy atom. The van der Waals surface area contributed by atoms with Crippen LogP contribution in [0, 0.1) is 0 Å². The van der Waals surface area contributed by atoms with E-state index in [1.807, 2.05) is 42.5 Å². The Bertz CT molecular complexity index is 607. The van der Waals surface area contributed by atoms with E-state index in [-0.39, 0.29) is 6.04 Å². The number of aromatic nitrogens is 2. The van der Waals surface area contributed by atoms with Crippen molar-refractivity contribution in [2.24, 2.45) is 0 Å². The smallest absolute Gasteiger partial charge is 0.190 e. The molecule has 0 spiro atoms. The molecule has 6 heteroatoms. The van der Waals surface area contributed by atoms with Gasteiger partial charge in [0.05, 0.1) is 6.04 Å². The summed E-state index contributed by atoms with van der Waals surface area (Å²) in [6.07, 6.45) is 1.92. The van der Waals surface area contributed by atoms with Gasteiger partial charge in [-0.05, 0) is 24.8 Å². The van der Waals surface area contributed by atoms with Crippen LogP contribution in [0.25, 0.3) is 0 Å². The number of rotatable bonds is 4. The third kappa shape index (κ3) is 3.37. The minimum Gasteiger partial charge on any atom is -0.353 e. The van der Waals surface area contributed by atoms with Crippen LogP contribution in [-0.2, 0) is 0 Å². The lowest BCUT2D eigenvalue weighted by Crippen LogP contribution is -2.23. The Hall–Kier alpha value is -0.970. The highest BCUT2D eigenvalue weighted by Crippen LogP contribution is 2.30. The van der Waals surface area contributed by atoms with Gasteiger partial charge in [-0.15, -0.1) is 0 Å². The van der Waals surface area contributed by atoms with Crippen molar-refractivity contribution in [2.45, 2.75) is 18.1 Å². The van der Waals surface area contributed by atoms with Crippen molar-refractivity contribution in [1.82, 2.24) is 9.97 Å². The molecule has 1 aromatic carbocycles. The largest absolute Gasteiger partial charge is 0.353 e. The fourth-order valence-electron chi connectivity index (χ4n) is 1.88. The molecule has 3 nitrogen and oxygen atoms in total. The molecule has 0 aliphatic heterocycles. The molecule has 0 radical (unpaired) electrons. The van der Waals surface area contributed by atoms with Crippen LogP contribution in [0.4, 0.5) is 5.82 Å². The van der Waals surface area contributed by atoms with Gasteiger partial charge in [-0.1, -0.05) is 53.2 Å². The third-order valence-corrected chi connectivity index (χ3v) is 4.23. The topological polar surface area (TPSA) is 29.0 Å². The standard InChI is InChI=1S/C14H15Cl2N3S/c1-9(10-6-4-5-7-11(10)15)19(2)13-8-12(16)17-14(18-13)20-3/h4-9H,1-3H3. The van der Waals surface area contributed by atoms with Gasteiger partial charge in [0, 0.05) is 18.1 Å². The first-order valence-corrected chi connectivity index (χ1v) is 8.07. The minimum absolute atomic E-state index is 0.0874. The fourth-order valence-corrected chi connectivity index (χ4v) is 2.77. The van der Waals surface area contributed by atoms with Crippen molar-refractivity contribution in [3.05, 3.63) is 46.1 Å². The number of hydrogen-bond donors (Lipinski definition) is 0. The van der Waals surface area contributed by atoms with Gasteiger partial charge >= 0.3 is 0 Å². The van der Waals surface area contributed by atoms with E-state index < -0.39 is 0 Å². The molecule has 106 valence electrons. The number of benzene rings is 1. The molecule has 0 bridgehead atoms. The normalized spacial score (nSPS) is 12.2. The maximum Gasteiger partial charge on any atom is 0.190 e. The second-order valence-corrected chi connectivity index (χ2v) is 5.91. The van der Waals surface area contributed by atoms with Gasteiger partial charge in [-0.2, -0.15) is 0 Å². The Balaban J connectivity index is 2.33. The average Bonchev–Trinajstić information content (AvgIpc) is 2.45.